The Kier molecular flexibility index (Phi) is 3.36. The van der Waals surface area contributed by atoms with Gasteiger partial charge in [0.25, 0.3) is 0 Å². The summed E-state index contributed by atoms with van der Waals surface area (Å²) in [6.45, 7) is 4.07. The lowest BCUT2D eigenvalue weighted by Gasteiger charge is -2.09. The number of amides is 1. The van der Waals surface area contributed by atoms with E-state index < -0.39 is 5.91 Å². The lowest BCUT2D eigenvalue weighted by atomic mass is 10.1. The van der Waals surface area contributed by atoms with Crippen molar-refractivity contribution in [1.82, 2.24) is 19.5 Å². The van der Waals surface area contributed by atoms with Crippen LogP contribution in [0.25, 0.3) is 5.95 Å². The molecule has 0 aliphatic heterocycles. The molecule has 94 valence electrons. The molecule has 0 radical (unpaired) electrons. The molecule has 0 fully saturated rings. The summed E-state index contributed by atoms with van der Waals surface area (Å²) in [4.78, 5) is 23.7. The van der Waals surface area contributed by atoms with E-state index in [1.807, 2.05) is 19.9 Å². The standard InChI is InChI=1S/C12H15N5O/c1-8(2)10-5-9(6-11(13)18)15-12(16-10)17-4-3-14-7-17/h3-5,7-8H,6H2,1-2H3,(H2,13,18). The summed E-state index contributed by atoms with van der Waals surface area (Å²) in [5, 5.41) is 0. The van der Waals surface area contributed by atoms with Gasteiger partial charge in [0, 0.05) is 18.1 Å². The first kappa shape index (κ1) is 12.2. The minimum Gasteiger partial charge on any atom is -0.369 e. The van der Waals surface area contributed by atoms with Gasteiger partial charge in [-0.15, -0.1) is 0 Å². The normalized spacial score (nSPS) is 10.8. The first-order valence-electron chi connectivity index (χ1n) is 5.70. The van der Waals surface area contributed by atoms with Crippen molar-refractivity contribution in [1.29, 1.82) is 0 Å². The molecule has 0 aliphatic rings. The van der Waals surface area contributed by atoms with Crippen molar-refractivity contribution in [2.45, 2.75) is 26.2 Å². The second-order valence-corrected chi connectivity index (χ2v) is 4.35. The van der Waals surface area contributed by atoms with Gasteiger partial charge in [0.15, 0.2) is 0 Å². The smallest absolute Gasteiger partial charge is 0.235 e. The Morgan fingerprint density at radius 2 is 2.22 bits per heavy atom. The summed E-state index contributed by atoms with van der Waals surface area (Å²) in [6, 6.07) is 1.82. The molecule has 2 N–H and O–H groups in total. The lowest BCUT2D eigenvalue weighted by Crippen LogP contribution is -2.16. The number of nitrogens with zero attached hydrogens (tertiary/aromatic N) is 4. The van der Waals surface area contributed by atoms with Crippen LogP contribution in [0.1, 0.15) is 31.2 Å². The summed E-state index contributed by atoms with van der Waals surface area (Å²) >= 11 is 0. The van der Waals surface area contributed by atoms with E-state index >= 15 is 0 Å². The number of hydrogen-bond donors (Lipinski definition) is 1. The Morgan fingerprint density at radius 3 is 2.78 bits per heavy atom. The number of carbonyl (C=O) groups is 1. The predicted molar refractivity (Wildman–Crippen MR) is 66.1 cm³/mol. The number of rotatable bonds is 4. The van der Waals surface area contributed by atoms with Gasteiger partial charge in [-0.05, 0) is 12.0 Å². The molecule has 18 heavy (non-hydrogen) atoms. The Balaban J connectivity index is 2.46. The number of imidazole rings is 1. The van der Waals surface area contributed by atoms with Gasteiger partial charge in [0.05, 0.1) is 12.1 Å². The molecule has 0 saturated heterocycles. The minimum atomic E-state index is -0.403. The number of carbonyl (C=O) groups excluding carboxylic acids is 1. The van der Waals surface area contributed by atoms with Gasteiger partial charge < -0.3 is 5.73 Å². The fraction of sp³-hybridized carbons (Fsp3) is 0.333. The Morgan fingerprint density at radius 1 is 1.44 bits per heavy atom. The third-order valence-electron chi connectivity index (χ3n) is 2.47. The predicted octanol–water partition coefficient (Wildman–Crippen LogP) is 0.814. The zero-order chi connectivity index (χ0) is 13.1. The largest absolute Gasteiger partial charge is 0.369 e. The van der Waals surface area contributed by atoms with Crippen LogP contribution in [0.15, 0.2) is 24.8 Å². The third-order valence-corrected chi connectivity index (χ3v) is 2.47. The molecule has 2 heterocycles. The van der Waals surface area contributed by atoms with Crippen molar-refractivity contribution >= 4 is 5.91 Å². The van der Waals surface area contributed by atoms with Crippen molar-refractivity contribution in [2.24, 2.45) is 5.73 Å². The third kappa shape index (κ3) is 2.71. The van der Waals surface area contributed by atoms with E-state index in [4.69, 9.17) is 5.73 Å². The average Bonchev–Trinajstić information content (AvgIpc) is 2.80. The summed E-state index contributed by atoms with van der Waals surface area (Å²) in [6.07, 6.45) is 5.14. The van der Waals surface area contributed by atoms with Gasteiger partial charge in [0.2, 0.25) is 11.9 Å². The van der Waals surface area contributed by atoms with E-state index in [0.29, 0.717) is 11.6 Å². The summed E-state index contributed by atoms with van der Waals surface area (Å²) in [5.74, 6) is 0.358. The van der Waals surface area contributed by atoms with Crippen molar-refractivity contribution in [3.63, 3.8) is 0 Å². The van der Waals surface area contributed by atoms with E-state index in [9.17, 15) is 4.79 Å². The highest BCUT2D eigenvalue weighted by atomic mass is 16.1. The monoisotopic (exact) mass is 245 g/mol. The SMILES string of the molecule is CC(C)c1cc(CC(N)=O)nc(-n2ccnc2)n1. The average molecular weight is 245 g/mol. The highest BCUT2D eigenvalue weighted by molar-refractivity contribution is 5.76. The molecule has 2 rings (SSSR count). The molecule has 0 aliphatic carbocycles. The van der Waals surface area contributed by atoms with Gasteiger partial charge in [-0.3, -0.25) is 9.36 Å². The molecule has 6 heteroatoms. The molecule has 6 nitrogen and oxygen atoms in total. The zero-order valence-corrected chi connectivity index (χ0v) is 10.4. The fourth-order valence-electron chi connectivity index (χ4n) is 1.56. The highest BCUT2D eigenvalue weighted by Gasteiger charge is 2.10. The zero-order valence-electron chi connectivity index (χ0n) is 10.4. The molecule has 0 spiro atoms. The van der Waals surface area contributed by atoms with Crippen molar-refractivity contribution in [3.8, 4) is 5.95 Å². The first-order valence-corrected chi connectivity index (χ1v) is 5.70. The van der Waals surface area contributed by atoms with E-state index in [0.717, 1.165) is 5.69 Å². The topological polar surface area (TPSA) is 86.7 Å². The molecule has 1 amide bonds. The number of nitrogens with two attached hydrogens (primary N) is 1. The van der Waals surface area contributed by atoms with Gasteiger partial charge in [-0.1, -0.05) is 13.8 Å². The van der Waals surface area contributed by atoms with Crippen LogP contribution < -0.4 is 5.73 Å². The van der Waals surface area contributed by atoms with Crippen LogP contribution in [0.2, 0.25) is 0 Å². The summed E-state index contributed by atoms with van der Waals surface area (Å²) in [5.41, 5.74) is 6.71. The van der Waals surface area contributed by atoms with Crippen LogP contribution >= 0.6 is 0 Å². The van der Waals surface area contributed by atoms with E-state index in [1.165, 1.54) is 0 Å². The molecular formula is C12H15N5O. The fourth-order valence-corrected chi connectivity index (χ4v) is 1.56. The van der Waals surface area contributed by atoms with Crippen LogP contribution in [-0.4, -0.2) is 25.4 Å². The van der Waals surface area contributed by atoms with Crippen LogP contribution in [0.4, 0.5) is 0 Å². The molecule has 0 bridgehead atoms. The Bertz CT molecular complexity index is 548. The molecule has 0 atom stereocenters. The second-order valence-electron chi connectivity index (χ2n) is 4.35. The van der Waals surface area contributed by atoms with Crippen LogP contribution in [0.3, 0.4) is 0 Å². The Labute approximate surface area is 105 Å². The van der Waals surface area contributed by atoms with Gasteiger partial charge >= 0.3 is 0 Å². The molecular weight excluding hydrogens is 230 g/mol. The van der Waals surface area contributed by atoms with Crippen LogP contribution in [0, 0.1) is 0 Å². The quantitative estimate of drug-likeness (QED) is 0.863. The number of primary amides is 1. The lowest BCUT2D eigenvalue weighted by molar-refractivity contribution is -0.117. The molecule has 0 saturated carbocycles. The first-order chi connectivity index (χ1) is 8.56. The maximum atomic E-state index is 11.0. The van der Waals surface area contributed by atoms with Crippen molar-refractivity contribution in [3.05, 3.63) is 36.2 Å². The minimum absolute atomic E-state index is 0.115. The van der Waals surface area contributed by atoms with Gasteiger partial charge in [-0.25, -0.2) is 15.0 Å². The van der Waals surface area contributed by atoms with E-state index in [2.05, 4.69) is 15.0 Å². The van der Waals surface area contributed by atoms with E-state index in [-0.39, 0.29) is 12.3 Å². The molecule has 2 aromatic heterocycles. The number of aromatic nitrogens is 4. The maximum Gasteiger partial charge on any atom is 0.235 e. The van der Waals surface area contributed by atoms with E-state index in [1.54, 1.807) is 23.3 Å². The summed E-state index contributed by atoms with van der Waals surface area (Å²) < 4.78 is 1.70. The maximum absolute atomic E-state index is 11.0. The van der Waals surface area contributed by atoms with Crippen LogP contribution in [-0.2, 0) is 11.2 Å². The van der Waals surface area contributed by atoms with Gasteiger partial charge in [-0.2, -0.15) is 0 Å². The Hall–Kier alpha value is -2.24. The molecule has 0 aromatic carbocycles. The molecule has 2 aromatic rings. The van der Waals surface area contributed by atoms with Crippen molar-refractivity contribution in [2.75, 3.05) is 0 Å². The number of hydrogen-bond acceptors (Lipinski definition) is 4. The van der Waals surface area contributed by atoms with Crippen molar-refractivity contribution < 1.29 is 4.79 Å². The van der Waals surface area contributed by atoms with Gasteiger partial charge in [0.1, 0.15) is 6.33 Å². The van der Waals surface area contributed by atoms with Crippen LogP contribution in [0.5, 0.6) is 0 Å². The highest BCUT2D eigenvalue weighted by Crippen LogP contribution is 2.14. The summed E-state index contributed by atoms with van der Waals surface area (Å²) in [7, 11) is 0. The molecule has 0 unspecified atom stereocenters. The second kappa shape index (κ2) is 4.95.